The molecule has 1 atom stereocenters. The van der Waals surface area contributed by atoms with Gasteiger partial charge in [0.05, 0.1) is 6.10 Å². The summed E-state index contributed by atoms with van der Waals surface area (Å²) in [7, 11) is 0. The first-order chi connectivity index (χ1) is 5.68. The highest BCUT2D eigenvalue weighted by atomic mass is 16.3. The maximum atomic E-state index is 9.37. The molecule has 12 heavy (non-hydrogen) atoms. The molecule has 1 nitrogen and oxygen atoms in total. The number of allylic oxidation sites excluding steroid dienone is 1. The molecule has 1 aliphatic carbocycles. The molecular formula is C11H20O. The summed E-state index contributed by atoms with van der Waals surface area (Å²) in [5.74, 6) is 0.782. The molecular weight excluding hydrogens is 148 g/mol. The number of aliphatic hydroxyl groups is 1. The molecule has 0 bridgehead atoms. The van der Waals surface area contributed by atoms with Crippen LogP contribution in [0, 0.1) is 5.92 Å². The summed E-state index contributed by atoms with van der Waals surface area (Å²) >= 11 is 0. The first-order valence-corrected chi connectivity index (χ1v) is 5.06. The van der Waals surface area contributed by atoms with Gasteiger partial charge in [-0.15, -0.1) is 0 Å². The van der Waals surface area contributed by atoms with Crippen LogP contribution in [-0.4, -0.2) is 11.2 Å². The first-order valence-electron chi connectivity index (χ1n) is 5.06. The Kier molecular flexibility index (Phi) is 3.80. The van der Waals surface area contributed by atoms with E-state index in [4.69, 9.17) is 0 Å². The van der Waals surface area contributed by atoms with Crippen molar-refractivity contribution in [2.75, 3.05) is 0 Å². The number of rotatable bonds is 3. The van der Waals surface area contributed by atoms with Crippen LogP contribution in [0.5, 0.6) is 0 Å². The van der Waals surface area contributed by atoms with Crippen molar-refractivity contribution in [2.45, 2.75) is 52.1 Å². The van der Waals surface area contributed by atoms with Crippen LogP contribution in [0.15, 0.2) is 11.6 Å². The molecule has 0 aliphatic heterocycles. The normalized spacial score (nSPS) is 24.3. The maximum absolute atomic E-state index is 9.37. The van der Waals surface area contributed by atoms with Gasteiger partial charge in [0.1, 0.15) is 0 Å². The Morgan fingerprint density at radius 3 is 2.92 bits per heavy atom. The Morgan fingerprint density at radius 2 is 2.33 bits per heavy atom. The van der Waals surface area contributed by atoms with Gasteiger partial charge in [-0.2, -0.15) is 0 Å². The third-order valence-corrected chi connectivity index (χ3v) is 2.47. The highest BCUT2D eigenvalue weighted by Gasteiger charge is 2.10. The smallest absolute Gasteiger partial charge is 0.0723 e. The predicted octanol–water partition coefficient (Wildman–Crippen LogP) is 2.89. The van der Waals surface area contributed by atoms with Crippen LogP contribution in [0.1, 0.15) is 46.0 Å². The van der Waals surface area contributed by atoms with E-state index in [0.29, 0.717) is 0 Å². The van der Waals surface area contributed by atoms with Crippen molar-refractivity contribution in [3.63, 3.8) is 0 Å². The molecule has 0 saturated heterocycles. The number of aliphatic hydroxyl groups excluding tert-OH is 1. The maximum Gasteiger partial charge on any atom is 0.0723 e. The fourth-order valence-electron chi connectivity index (χ4n) is 1.66. The predicted molar refractivity (Wildman–Crippen MR) is 52.0 cm³/mol. The van der Waals surface area contributed by atoms with E-state index in [2.05, 4.69) is 19.9 Å². The minimum Gasteiger partial charge on any atom is -0.389 e. The topological polar surface area (TPSA) is 20.2 Å². The highest BCUT2D eigenvalue weighted by Crippen LogP contribution is 2.23. The van der Waals surface area contributed by atoms with Gasteiger partial charge in [0.2, 0.25) is 0 Å². The molecule has 0 aromatic heterocycles. The third kappa shape index (κ3) is 3.40. The fourth-order valence-corrected chi connectivity index (χ4v) is 1.66. The molecule has 1 rings (SSSR count). The Morgan fingerprint density at radius 1 is 1.58 bits per heavy atom. The quantitative estimate of drug-likeness (QED) is 0.642. The second-order valence-corrected chi connectivity index (χ2v) is 4.22. The molecule has 0 radical (unpaired) electrons. The summed E-state index contributed by atoms with van der Waals surface area (Å²) < 4.78 is 0. The molecule has 0 amide bonds. The lowest BCUT2D eigenvalue weighted by Crippen LogP contribution is -2.09. The average Bonchev–Trinajstić information content (AvgIpc) is 2.01. The van der Waals surface area contributed by atoms with Gasteiger partial charge in [0.25, 0.3) is 0 Å². The highest BCUT2D eigenvalue weighted by molar-refractivity contribution is 5.08. The van der Waals surface area contributed by atoms with Crippen molar-refractivity contribution in [3.8, 4) is 0 Å². The van der Waals surface area contributed by atoms with Crippen LogP contribution in [0.3, 0.4) is 0 Å². The van der Waals surface area contributed by atoms with Crippen molar-refractivity contribution >= 4 is 0 Å². The average molecular weight is 168 g/mol. The standard InChI is InChI=1S/C11H20O/c1-9(2)6-7-10-4-3-5-11(12)8-10/h8-9,11-12H,3-7H2,1-2H3. The van der Waals surface area contributed by atoms with Crippen molar-refractivity contribution < 1.29 is 5.11 Å². The molecule has 0 fully saturated rings. The van der Waals surface area contributed by atoms with Crippen LogP contribution in [0.4, 0.5) is 0 Å². The van der Waals surface area contributed by atoms with Gasteiger partial charge in [-0.05, 0) is 38.0 Å². The Bertz CT molecular complexity index is 158. The van der Waals surface area contributed by atoms with Crippen LogP contribution in [0.2, 0.25) is 0 Å². The van der Waals surface area contributed by atoms with Crippen LogP contribution in [-0.2, 0) is 0 Å². The second kappa shape index (κ2) is 4.66. The Hall–Kier alpha value is -0.300. The largest absolute Gasteiger partial charge is 0.389 e. The van der Waals surface area contributed by atoms with Crippen molar-refractivity contribution in [1.82, 2.24) is 0 Å². The molecule has 0 aromatic rings. The van der Waals surface area contributed by atoms with Gasteiger partial charge in [-0.25, -0.2) is 0 Å². The summed E-state index contributed by atoms with van der Waals surface area (Å²) in [6, 6.07) is 0. The van der Waals surface area contributed by atoms with E-state index in [0.717, 1.165) is 12.3 Å². The van der Waals surface area contributed by atoms with E-state index >= 15 is 0 Å². The fraction of sp³-hybridized carbons (Fsp3) is 0.818. The summed E-state index contributed by atoms with van der Waals surface area (Å²) in [5.41, 5.74) is 1.47. The lowest BCUT2D eigenvalue weighted by atomic mass is 9.92. The third-order valence-electron chi connectivity index (χ3n) is 2.47. The molecule has 70 valence electrons. The van der Waals surface area contributed by atoms with Crippen LogP contribution in [0.25, 0.3) is 0 Å². The zero-order chi connectivity index (χ0) is 8.97. The molecule has 1 unspecified atom stereocenters. The minimum absolute atomic E-state index is 0.152. The zero-order valence-electron chi connectivity index (χ0n) is 8.21. The molecule has 0 heterocycles. The van der Waals surface area contributed by atoms with E-state index in [9.17, 15) is 5.11 Å². The molecule has 0 spiro atoms. The van der Waals surface area contributed by atoms with E-state index in [1.165, 1.54) is 31.3 Å². The van der Waals surface area contributed by atoms with E-state index in [1.807, 2.05) is 0 Å². The molecule has 1 aliphatic rings. The van der Waals surface area contributed by atoms with Crippen molar-refractivity contribution in [1.29, 1.82) is 0 Å². The van der Waals surface area contributed by atoms with E-state index < -0.39 is 0 Å². The molecule has 1 N–H and O–H groups in total. The van der Waals surface area contributed by atoms with Gasteiger partial charge in [-0.3, -0.25) is 0 Å². The van der Waals surface area contributed by atoms with Gasteiger partial charge >= 0.3 is 0 Å². The summed E-state index contributed by atoms with van der Waals surface area (Å²) in [5, 5.41) is 9.37. The monoisotopic (exact) mass is 168 g/mol. The Labute approximate surface area is 75.5 Å². The van der Waals surface area contributed by atoms with Crippen LogP contribution >= 0.6 is 0 Å². The number of hydrogen-bond acceptors (Lipinski definition) is 1. The van der Waals surface area contributed by atoms with Crippen LogP contribution < -0.4 is 0 Å². The second-order valence-electron chi connectivity index (χ2n) is 4.22. The van der Waals surface area contributed by atoms with Crippen molar-refractivity contribution in [3.05, 3.63) is 11.6 Å². The van der Waals surface area contributed by atoms with E-state index in [-0.39, 0.29) is 6.10 Å². The first kappa shape index (κ1) is 9.79. The van der Waals surface area contributed by atoms with Gasteiger partial charge in [-0.1, -0.05) is 25.5 Å². The molecule has 0 saturated carbocycles. The SMILES string of the molecule is CC(C)CCC1=CC(O)CCC1. The summed E-state index contributed by atoms with van der Waals surface area (Å²) in [6.45, 7) is 4.50. The summed E-state index contributed by atoms with van der Waals surface area (Å²) in [6.07, 6.45) is 7.71. The Balaban J connectivity index is 2.30. The minimum atomic E-state index is -0.152. The number of hydrogen-bond donors (Lipinski definition) is 1. The lowest BCUT2D eigenvalue weighted by molar-refractivity contribution is 0.201. The molecule has 1 heteroatoms. The van der Waals surface area contributed by atoms with Crippen molar-refractivity contribution in [2.24, 2.45) is 5.92 Å². The lowest BCUT2D eigenvalue weighted by Gasteiger charge is -2.17. The van der Waals surface area contributed by atoms with Gasteiger partial charge in [0.15, 0.2) is 0 Å². The van der Waals surface area contributed by atoms with E-state index in [1.54, 1.807) is 0 Å². The summed E-state index contributed by atoms with van der Waals surface area (Å²) in [4.78, 5) is 0. The van der Waals surface area contributed by atoms with Gasteiger partial charge in [0, 0.05) is 0 Å². The molecule has 0 aromatic carbocycles. The zero-order valence-corrected chi connectivity index (χ0v) is 8.21. The van der Waals surface area contributed by atoms with Gasteiger partial charge < -0.3 is 5.11 Å².